The first kappa shape index (κ1) is 18.7. The monoisotopic (exact) mass is 394 g/mol. The topological polar surface area (TPSA) is 86.8 Å². The molecule has 2 heterocycles. The first-order valence-electron chi connectivity index (χ1n) is 9.16. The highest BCUT2D eigenvalue weighted by Gasteiger charge is 2.12. The molecule has 0 radical (unpaired) electrons. The SMILES string of the molecule is COc1ccc(Nc2cc(Nc3ccc4c(c3)OCCO4)nc(C)n2)cc1OC. The van der Waals surface area contributed by atoms with Crippen molar-refractivity contribution in [2.24, 2.45) is 0 Å². The summed E-state index contributed by atoms with van der Waals surface area (Å²) >= 11 is 0. The molecule has 0 amide bonds. The van der Waals surface area contributed by atoms with Crippen LogP contribution in [0.5, 0.6) is 23.0 Å². The van der Waals surface area contributed by atoms with E-state index in [1.54, 1.807) is 14.2 Å². The minimum absolute atomic E-state index is 0.544. The lowest BCUT2D eigenvalue weighted by Gasteiger charge is -2.19. The Kier molecular flexibility index (Phi) is 5.24. The van der Waals surface area contributed by atoms with Crippen molar-refractivity contribution in [1.82, 2.24) is 9.97 Å². The minimum Gasteiger partial charge on any atom is -0.493 e. The maximum absolute atomic E-state index is 5.64. The smallest absolute Gasteiger partial charge is 0.163 e. The highest BCUT2D eigenvalue weighted by Crippen LogP contribution is 2.34. The standard InChI is InChI=1S/C21H22N4O4/c1-13-22-20(24-14-4-6-16(26-2)18(10-14)27-3)12-21(23-13)25-15-5-7-17-19(11-15)29-9-8-28-17/h4-7,10-12H,8-9H2,1-3H3,(H2,22,23,24,25). The maximum Gasteiger partial charge on any atom is 0.163 e. The van der Waals surface area contributed by atoms with Crippen LogP contribution in [0.2, 0.25) is 0 Å². The lowest BCUT2D eigenvalue weighted by Crippen LogP contribution is -2.15. The van der Waals surface area contributed by atoms with Gasteiger partial charge in [-0.15, -0.1) is 0 Å². The summed E-state index contributed by atoms with van der Waals surface area (Å²) in [4.78, 5) is 8.93. The molecule has 0 unspecified atom stereocenters. The van der Waals surface area contributed by atoms with Gasteiger partial charge in [0, 0.05) is 29.6 Å². The lowest BCUT2D eigenvalue weighted by molar-refractivity contribution is 0.171. The third kappa shape index (κ3) is 4.26. The van der Waals surface area contributed by atoms with E-state index in [2.05, 4.69) is 20.6 Å². The zero-order valence-corrected chi connectivity index (χ0v) is 16.5. The number of nitrogens with zero attached hydrogens (tertiary/aromatic N) is 2. The quantitative estimate of drug-likeness (QED) is 0.647. The second kappa shape index (κ2) is 8.14. The van der Waals surface area contributed by atoms with Gasteiger partial charge in [-0.1, -0.05) is 0 Å². The van der Waals surface area contributed by atoms with Crippen LogP contribution in [0, 0.1) is 6.92 Å². The molecule has 1 aliphatic heterocycles. The Morgan fingerprint density at radius 3 is 2.07 bits per heavy atom. The van der Waals surface area contributed by atoms with Gasteiger partial charge in [-0.25, -0.2) is 9.97 Å². The molecule has 8 heteroatoms. The number of anilines is 4. The molecule has 2 aromatic carbocycles. The zero-order valence-electron chi connectivity index (χ0n) is 16.5. The van der Waals surface area contributed by atoms with Crippen molar-refractivity contribution in [3.8, 4) is 23.0 Å². The average Bonchev–Trinajstić information content (AvgIpc) is 2.73. The predicted molar refractivity (Wildman–Crippen MR) is 110 cm³/mol. The Morgan fingerprint density at radius 1 is 0.759 bits per heavy atom. The van der Waals surface area contributed by atoms with Gasteiger partial charge in [0.2, 0.25) is 0 Å². The molecule has 0 saturated carbocycles. The summed E-state index contributed by atoms with van der Waals surface area (Å²) < 4.78 is 21.8. The lowest BCUT2D eigenvalue weighted by atomic mass is 10.2. The summed E-state index contributed by atoms with van der Waals surface area (Å²) in [7, 11) is 3.21. The number of hydrogen-bond donors (Lipinski definition) is 2. The Balaban J connectivity index is 1.55. The summed E-state index contributed by atoms with van der Waals surface area (Å²) in [5.41, 5.74) is 1.68. The van der Waals surface area contributed by atoms with Crippen molar-refractivity contribution in [3.05, 3.63) is 48.3 Å². The summed E-state index contributed by atoms with van der Waals surface area (Å²) in [6.07, 6.45) is 0. The molecule has 4 rings (SSSR count). The normalized spacial score (nSPS) is 12.2. The fourth-order valence-corrected chi connectivity index (χ4v) is 3.03. The third-order valence-electron chi connectivity index (χ3n) is 4.31. The van der Waals surface area contributed by atoms with E-state index in [0.29, 0.717) is 42.2 Å². The molecule has 0 aliphatic carbocycles. The summed E-state index contributed by atoms with van der Waals surface area (Å²) in [6.45, 7) is 2.95. The van der Waals surface area contributed by atoms with E-state index in [0.717, 1.165) is 22.9 Å². The molecule has 0 atom stereocenters. The summed E-state index contributed by atoms with van der Waals surface area (Å²) in [5, 5.41) is 6.57. The number of fused-ring (bicyclic) bond motifs is 1. The van der Waals surface area contributed by atoms with E-state index in [9.17, 15) is 0 Å². The Labute approximate surface area is 168 Å². The van der Waals surface area contributed by atoms with Crippen LogP contribution in [0.15, 0.2) is 42.5 Å². The van der Waals surface area contributed by atoms with E-state index >= 15 is 0 Å². The van der Waals surface area contributed by atoms with Gasteiger partial charge in [0.25, 0.3) is 0 Å². The van der Waals surface area contributed by atoms with E-state index in [1.165, 1.54) is 0 Å². The van der Waals surface area contributed by atoms with Crippen LogP contribution >= 0.6 is 0 Å². The van der Waals surface area contributed by atoms with Gasteiger partial charge in [-0.05, 0) is 31.2 Å². The highest BCUT2D eigenvalue weighted by molar-refractivity contribution is 5.66. The molecule has 2 N–H and O–H groups in total. The largest absolute Gasteiger partial charge is 0.493 e. The number of ether oxygens (including phenoxy) is 4. The Morgan fingerprint density at radius 2 is 1.38 bits per heavy atom. The van der Waals surface area contributed by atoms with Crippen molar-refractivity contribution < 1.29 is 18.9 Å². The molecule has 0 bridgehead atoms. The van der Waals surface area contributed by atoms with Gasteiger partial charge in [-0.3, -0.25) is 0 Å². The number of methoxy groups -OCH3 is 2. The fourth-order valence-electron chi connectivity index (χ4n) is 3.03. The molecule has 0 saturated heterocycles. The van der Waals surface area contributed by atoms with E-state index < -0.39 is 0 Å². The van der Waals surface area contributed by atoms with Crippen molar-refractivity contribution in [3.63, 3.8) is 0 Å². The molecule has 150 valence electrons. The molecule has 29 heavy (non-hydrogen) atoms. The van der Waals surface area contributed by atoms with Crippen LogP contribution in [0.3, 0.4) is 0 Å². The first-order chi connectivity index (χ1) is 14.1. The minimum atomic E-state index is 0.544. The number of aryl methyl sites for hydroxylation is 1. The average molecular weight is 394 g/mol. The predicted octanol–water partition coefficient (Wildman–Crippen LogP) is 4.06. The number of rotatable bonds is 6. The molecule has 1 aromatic heterocycles. The first-order valence-corrected chi connectivity index (χ1v) is 9.16. The van der Waals surface area contributed by atoms with Gasteiger partial charge in [-0.2, -0.15) is 0 Å². The number of benzene rings is 2. The van der Waals surface area contributed by atoms with Crippen LogP contribution in [0.25, 0.3) is 0 Å². The van der Waals surface area contributed by atoms with Gasteiger partial charge >= 0.3 is 0 Å². The van der Waals surface area contributed by atoms with E-state index in [4.69, 9.17) is 18.9 Å². The second-order valence-electron chi connectivity index (χ2n) is 6.36. The van der Waals surface area contributed by atoms with Crippen LogP contribution in [-0.4, -0.2) is 37.4 Å². The number of aromatic nitrogens is 2. The molecule has 0 spiro atoms. The zero-order chi connectivity index (χ0) is 20.2. The summed E-state index contributed by atoms with van der Waals surface area (Å²) in [5.74, 6) is 4.72. The third-order valence-corrected chi connectivity index (χ3v) is 4.31. The Hall–Kier alpha value is -3.68. The molecular weight excluding hydrogens is 372 g/mol. The second-order valence-corrected chi connectivity index (χ2v) is 6.36. The van der Waals surface area contributed by atoms with Gasteiger partial charge in [0.15, 0.2) is 23.0 Å². The van der Waals surface area contributed by atoms with Crippen LogP contribution in [0.1, 0.15) is 5.82 Å². The fraction of sp³-hybridized carbons (Fsp3) is 0.238. The highest BCUT2D eigenvalue weighted by atomic mass is 16.6. The van der Waals surface area contributed by atoms with E-state index in [-0.39, 0.29) is 0 Å². The molecule has 1 aliphatic rings. The van der Waals surface area contributed by atoms with Crippen LogP contribution < -0.4 is 29.6 Å². The van der Waals surface area contributed by atoms with Crippen molar-refractivity contribution in [2.75, 3.05) is 38.1 Å². The van der Waals surface area contributed by atoms with Crippen LogP contribution in [-0.2, 0) is 0 Å². The molecular formula is C21H22N4O4. The van der Waals surface area contributed by atoms with Crippen molar-refractivity contribution in [2.45, 2.75) is 6.92 Å². The number of hydrogen-bond acceptors (Lipinski definition) is 8. The van der Waals surface area contributed by atoms with Gasteiger partial charge in [0.1, 0.15) is 30.7 Å². The molecule has 3 aromatic rings. The Bertz CT molecular complexity index is 966. The van der Waals surface area contributed by atoms with Gasteiger partial charge < -0.3 is 29.6 Å². The molecule has 0 fully saturated rings. The summed E-state index contributed by atoms with van der Waals surface area (Å²) in [6, 6.07) is 13.1. The maximum atomic E-state index is 5.64. The molecule has 8 nitrogen and oxygen atoms in total. The van der Waals surface area contributed by atoms with Crippen molar-refractivity contribution >= 4 is 23.0 Å². The van der Waals surface area contributed by atoms with Crippen molar-refractivity contribution in [1.29, 1.82) is 0 Å². The van der Waals surface area contributed by atoms with Crippen LogP contribution in [0.4, 0.5) is 23.0 Å². The van der Waals surface area contributed by atoms with E-state index in [1.807, 2.05) is 49.4 Å². The van der Waals surface area contributed by atoms with Gasteiger partial charge in [0.05, 0.1) is 14.2 Å². The number of nitrogens with one attached hydrogen (secondary N) is 2.